The average Bonchev–Trinajstić information content (AvgIpc) is 3.73. The van der Waals surface area contributed by atoms with Gasteiger partial charge in [-0.3, -0.25) is 9.59 Å². The van der Waals surface area contributed by atoms with E-state index in [1.165, 1.54) is 22.5 Å². The van der Waals surface area contributed by atoms with Crippen LogP contribution in [0.1, 0.15) is 66.3 Å². The summed E-state index contributed by atoms with van der Waals surface area (Å²) < 4.78 is 11.8. The number of morpholine rings is 2. The Bertz CT molecular complexity index is 1820. The van der Waals surface area contributed by atoms with Crippen molar-refractivity contribution in [3.63, 3.8) is 0 Å². The van der Waals surface area contributed by atoms with Crippen molar-refractivity contribution >= 4 is 85.3 Å². The standard InChI is InChI=1S/C19H21ClN2O3S.C14H11ClINOS.C5H11NO2/c20-13-3-1-12(2-4-13)15-5-6-21-19(24)18-16(15)9-17(26-18)22-7-8-25-14(10-22)11-23;15-9-3-1-8(2-4-9)10-5-6-17-14(18)13-11(10)7-12(16)19-13;7-4-5-3-6-1-2-8-5/h1-4,9,14-15,23H,5-8,10-11H2,(H,21,24);1-4,7,10H,5-6H2,(H,17,18);5-7H,1-4H2/t14-,15?;;5-/m0.0/s1. The first-order chi connectivity index (χ1) is 25.7. The van der Waals surface area contributed by atoms with Crippen molar-refractivity contribution < 1.29 is 29.3 Å². The first-order valence-corrected chi connectivity index (χ1v) is 21.1. The van der Waals surface area contributed by atoms with Gasteiger partial charge in [0.1, 0.15) is 0 Å². The summed E-state index contributed by atoms with van der Waals surface area (Å²) in [7, 11) is 0. The fraction of sp³-hybridized carbons (Fsp3) is 0.421. The van der Waals surface area contributed by atoms with E-state index in [-0.39, 0.29) is 49.1 Å². The maximum absolute atomic E-state index is 12.5. The lowest BCUT2D eigenvalue weighted by atomic mass is 9.89. The largest absolute Gasteiger partial charge is 0.394 e. The zero-order chi connectivity index (χ0) is 37.3. The monoisotopic (exact) mass is 912 g/mol. The lowest BCUT2D eigenvalue weighted by Crippen LogP contribution is -2.43. The first kappa shape index (κ1) is 40.4. The number of benzene rings is 2. The van der Waals surface area contributed by atoms with Crippen LogP contribution >= 0.6 is 68.5 Å². The number of nitrogens with one attached hydrogen (secondary N) is 3. The Morgan fingerprint density at radius 3 is 1.83 bits per heavy atom. The highest BCUT2D eigenvalue weighted by molar-refractivity contribution is 14.1. The number of hydrogen-bond acceptors (Lipinski definition) is 10. The van der Waals surface area contributed by atoms with Gasteiger partial charge in [-0.05, 0) is 94.1 Å². The van der Waals surface area contributed by atoms with Crippen molar-refractivity contribution in [3.05, 3.63) is 106 Å². The second-order valence-corrected chi connectivity index (χ2v) is 17.9. The van der Waals surface area contributed by atoms with Crippen LogP contribution in [0, 0.1) is 2.88 Å². The molecule has 4 aliphatic rings. The van der Waals surface area contributed by atoms with E-state index in [4.69, 9.17) is 37.8 Å². The molecule has 5 N–H and O–H groups in total. The number of aliphatic hydroxyl groups excluding tert-OH is 2. The second-order valence-electron chi connectivity index (χ2n) is 13.0. The van der Waals surface area contributed by atoms with Gasteiger partial charge in [-0.25, -0.2) is 0 Å². The number of ether oxygens (including phenoxy) is 2. The molecule has 0 saturated carbocycles. The zero-order valence-corrected chi connectivity index (χ0v) is 34.3. The number of carbonyl (C=O) groups excluding carboxylic acids is 2. The summed E-state index contributed by atoms with van der Waals surface area (Å²) in [4.78, 5) is 28.4. The summed E-state index contributed by atoms with van der Waals surface area (Å²) in [5.41, 5.74) is 4.61. The minimum Gasteiger partial charge on any atom is -0.394 e. The minimum absolute atomic E-state index is 0.000295. The van der Waals surface area contributed by atoms with Gasteiger partial charge in [0.05, 0.1) is 56.3 Å². The molecule has 4 aliphatic heterocycles. The Hall–Kier alpha value is -2.31. The third-order valence-electron chi connectivity index (χ3n) is 9.49. The number of thiophene rings is 2. The molecule has 2 aromatic heterocycles. The van der Waals surface area contributed by atoms with Gasteiger partial charge in [0.2, 0.25) is 0 Å². The van der Waals surface area contributed by atoms with Crippen LogP contribution in [0.4, 0.5) is 5.00 Å². The number of rotatable bonds is 5. The molecule has 284 valence electrons. The van der Waals surface area contributed by atoms with Gasteiger partial charge >= 0.3 is 0 Å². The normalized spacial score (nSPS) is 22.7. The molecule has 0 aliphatic carbocycles. The molecule has 53 heavy (non-hydrogen) atoms. The molecule has 10 nitrogen and oxygen atoms in total. The number of carbonyl (C=O) groups is 2. The maximum atomic E-state index is 12.5. The molecular formula is C38H43Cl2IN4O6S2. The third-order valence-corrected chi connectivity index (χ3v) is 13.1. The molecule has 8 rings (SSSR count). The SMILES string of the molecule is O=C1NCCC(c2ccc(Cl)cc2)c2cc(I)sc21.O=C1NCCC(c2ccc(Cl)cc2)c2cc(N3CCO[C@H](CO)C3)sc21.OC[C@@H]1CNCCO1. The molecule has 0 spiro atoms. The van der Waals surface area contributed by atoms with Gasteiger partial charge in [0.25, 0.3) is 11.8 Å². The van der Waals surface area contributed by atoms with Gasteiger partial charge in [0, 0.05) is 61.1 Å². The van der Waals surface area contributed by atoms with Crippen molar-refractivity contribution in [1.82, 2.24) is 16.0 Å². The summed E-state index contributed by atoms with van der Waals surface area (Å²) in [5.74, 6) is 0.492. The molecule has 2 unspecified atom stereocenters. The van der Waals surface area contributed by atoms with E-state index in [0.717, 1.165) is 72.9 Å². The smallest absolute Gasteiger partial charge is 0.261 e. The van der Waals surface area contributed by atoms with E-state index in [9.17, 15) is 14.7 Å². The minimum atomic E-state index is -0.174. The summed E-state index contributed by atoms with van der Waals surface area (Å²) in [6.07, 6.45) is 1.64. The molecule has 0 radical (unpaired) electrons. The van der Waals surface area contributed by atoms with Crippen molar-refractivity contribution in [2.24, 2.45) is 0 Å². The Labute approximate surface area is 341 Å². The van der Waals surface area contributed by atoms with Crippen LogP contribution < -0.4 is 20.9 Å². The molecule has 4 atom stereocenters. The molecule has 15 heteroatoms. The summed E-state index contributed by atoms with van der Waals surface area (Å²) >= 11 is 17.3. The van der Waals surface area contributed by atoms with E-state index in [0.29, 0.717) is 31.3 Å². The fourth-order valence-corrected chi connectivity index (χ4v) is 10.1. The van der Waals surface area contributed by atoms with Crippen molar-refractivity contribution in [1.29, 1.82) is 0 Å². The van der Waals surface area contributed by atoms with Crippen LogP contribution in [0.15, 0.2) is 60.7 Å². The summed E-state index contributed by atoms with van der Waals surface area (Å²) in [6.45, 7) is 5.94. The molecule has 2 amide bonds. The quantitative estimate of drug-likeness (QED) is 0.152. The van der Waals surface area contributed by atoms with Gasteiger partial charge in [-0.2, -0.15) is 0 Å². The average molecular weight is 914 g/mol. The van der Waals surface area contributed by atoms with Gasteiger partial charge < -0.3 is 40.5 Å². The number of anilines is 1. The van der Waals surface area contributed by atoms with Gasteiger partial charge in [0.15, 0.2) is 0 Å². The highest BCUT2D eigenvalue weighted by Crippen LogP contribution is 2.41. The Morgan fingerprint density at radius 1 is 0.755 bits per heavy atom. The van der Waals surface area contributed by atoms with E-state index in [1.807, 2.05) is 36.4 Å². The molecule has 2 saturated heterocycles. The van der Waals surface area contributed by atoms with Crippen LogP contribution in [0.2, 0.25) is 10.0 Å². The predicted octanol–water partition coefficient (Wildman–Crippen LogP) is 6.10. The number of aliphatic hydroxyl groups is 2. The fourth-order valence-electron chi connectivity index (χ4n) is 6.77. The maximum Gasteiger partial charge on any atom is 0.261 e. The van der Waals surface area contributed by atoms with E-state index >= 15 is 0 Å². The molecule has 2 fully saturated rings. The van der Waals surface area contributed by atoms with E-state index in [2.05, 4.69) is 67.7 Å². The van der Waals surface area contributed by atoms with E-state index in [1.54, 1.807) is 11.3 Å². The van der Waals surface area contributed by atoms with Crippen LogP contribution in [0.3, 0.4) is 0 Å². The first-order valence-electron chi connectivity index (χ1n) is 17.6. The van der Waals surface area contributed by atoms with Crippen LogP contribution in [-0.2, 0) is 9.47 Å². The summed E-state index contributed by atoms with van der Waals surface area (Å²) in [5, 5.41) is 29.5. The Balaban J connectivity index is 0.000000155. The molecule has 6 heterocycles. The third kappa shape index (κ3) is 10.5. The lowest BCUT2D eigenvalue weighted by Gasteiger charge is -2.32. The molecule has 4 aromatic rings. The molecular weight excluding hydrogens is 870 g/mol. The van der Waals surface area contributed by atoms with Crippen molar-refractivity contribution in [2.75, 3.05) is 70.6 Å². The molecule has 0 bridgehead atoms. The highest BCUT2D eigenvalue weighted by atomic mass is 127. The Kier molecular flexibility index (Phi) is 14.9. The number of fused-ring (bicyclic) bond motifs is 2. The van der Waals surface area contributed by atoms with Gasteiger partial charge in [-0.15, -0.1) is 22.7 Å². The van der Waals surface area contributed by atoms with Crippen molar-refractivity contribution in [3.8, 4) is 0 Å². The second kappa shape index (κ2) is 19.5. The van der Waals surface area contributed by atoms with Crippen molar-refractivity contribution in [2.45, 2.75) is 36.9 Å². The predicted molar refractivity (Wildman–Crippen MR) is 221 cm³/mol. The van der Waals surface area contributed by atoms with E-state index < -0.39 is 0 Å². The number of amides is 2. The Morgan fingerprint density at radius 2 is 1.30 bits per heavy atom. The summed E-state index contributed by atoms with van der Waals surface area (Å²) in [6, 6.07) is 20.1. The van der Waals surface area contributed by atoms with Crippen LogP contribution in [-0.4, -0.2) is 99.9 Å². The number of hydrogen-bond donors (Lipinski definition) is 5. The number of nitrogens with zero attached hydrogens (tertiary/aromatic N) is 1. The lowest BCUT2D eigenvalue weighted by molar-refractivity contribution is -0.00618. The number of halogens is 3. The highest BCUT2D eigenvalue weighted by Gasteiger charge is 2.30. The van der Waals surface area contributed by atoms with Crippen LogP contribution in [0.5, 0.6) is 0 Å². The van der Waals surface area contributed by atoms with Gasteiger partial charge in [-0.1, -0.05) is 47.5 Å². The zero-order valence-electron chi connectivity index (χ0n) is 29.0. The topological polar surface area (TPSA) is 132 Å². The molecule has 2 aromatic carbocycles. The van der Waals surface area contributed by atoms with Crippen LogP contribution in [0.25, 0.3) is 0 Å².